The Balaban J connectivity index is 2.58. The molecule has 0 aromatic heterocycles. The van der Waals surface area contributed by atoms with Gasteiger partial charge in [0, 0.05) is 0 Å². The highest BCUT2D eigenvalue weighted by atomic mass is 35.5. The van der Waals surface area contributed by atoms with Gasteiger partial charge in [-0.2, -0.15) is 0 Å². The van der Waals surface area contributed by atoms with E-state index < -0.39 is 0 Å². The Morgan fingerprint density at radius 2 is 1.79 bits per heavy atom. The normalized spacial score (nSPS) is 10.6. The van der Waals surface area contributed by atoms with E-state index in [2.05, 4.69) is 13.8 Å². The predicted octanol–water partition coefficient (Wildman–Crippen LogP) is 4.42. The van der Waals surface area contributed by atoms with Crippen molar-refractivity contribution in [2.75, 3.05) is 6.61 Å². The Labute approximate surface area is 95.0 Å². The van der Waals surface area contributed by atoms with Gasteiger partial charge in [0.2, 0.25) is 0 Å². The van der Waals surface area contributed by atoms with Crippen LogP contribution < -0.4 is 4.74 Å². The van der Waals surface area contributed by atoms with E-state index in [0.29, 0.717) is 28.3 Å². The van der Waals surface area contributed by atoms with Crippen LogP contribution in [-0.4, -0.2) is 6.61 Å². The topological polar surface area (TPSA) is 9.23 Å². The Hall–Kier alpha value is -0.400. The smallest absolute Gasteiger partial charge is 0.156 e. The van der Waals surface area contributed by atoms with Crippen molar-refractivity contribution in [1.29, 1.82) is 0 Å². The third kappa shape index (κ3) is 3.39. The summed E-state index contributed by atoms with van der Waals surface area (Å²) >= 11 is 11.9. The summed E-state index contributed by atoms with van der Waals surface area (Å²) in [4.78, 5) is 0. The highest BCUT2D eigenvalue weighted by Crippen LogP contribution is 2.32. The molecule has 0 saturated heterocycles. The van der Waals surface area contributed by atoms with Crippen molar-refractivity contribution in [1.82, 2.24) is 0 Å². The minimum atomic E-state index is 0.571. The van der Waals surface area contributed by atoms with Crippen molar-refractivity contribution in [3.63, 3.8) is 0 Å². The van der Waals surface area contributed by atoms with Gasteiger partial charge < -0.3 is 4.74 Å². The van der Waals surface area contributed by atoms with Crippen LogP contribution in [0.1, 0.15) is 20.3 Å². The molecule has 3 heteroatoms. The lowest BCUT2D eigenvalue weighted by Gasteiger charge is -2.10. The number of halogens is 2. The van der Waals surface area contributed by atoms with E-state index in [-0.39, 0.29) is 0 Å². The molecule has 1 aromatic rings. The van der Waals surface area contributed by atoms with Crippen LogP contribution in [0.3, 0.4) is 0 Å². The van der Waals surface area contributed by atoms with Crippen molar-refractivity contribution in [2.24, 2.45) is 5.92 Å². The SMILES string of the molecule is CC(C)CCOc1c(Cl)cccc1Cl. The van der Waals surface area contributed by atoms with Gasteiger partial charge in [0.25, 0.3) is 0 Å². The Morgan fingerprint density at radius 1 is 1.21 bits per heavy atom. The molecule has 0 heterocycles. The molecule has 0 unspecified atom stereocenters. The van der Waals surface area contributed by atoms with Crippen LogP contribution in [-0.2, 0) is 0 Å². The van der Waals surface area contributed by atoms with Crippen molar-refractivity contribution < 1.29 is 4.74 Å². The van der Waals surface area contributed by atoms with Crippen LogP contribution in [0.2, 0.25) is 10.0 Å². The average Bonchev–Trinajstić information content (AvgIpc) is 2.09. The maximum absolute atomic E-state index is 5.94. The molecule has 78 valence electrons. The second-order valence-electron chi connectivity index (χ2n) is 3.58. The Morgan fingerprint density at radius 3 is 2.29 bits per heavy atom. The van der Waals surface area contributed by atoms with Gasteiger partial charge in [-0.05, 0) is 24.5 Å². The molecule has 1 rings (SSSR count). The summed E-state index contributed by atoms with van der Waals surface area (Å²) in [6.45, 7) is 4.95. The van der Waals surface area contributed by atoms with E-state index >= 15 is 0 Å². The zero-order valence-corrected chi connectivity index (χ0v) is 9.90. The first-order valence-corrected chi connectivity index (χ1v) is 5.43. The number of benzene rings is 1. The van der Waals surface area contributed by atoms with Gasteiger partial charge in [-0.25, -0.2) is 0 Å². The maximum atomic E-state index is 5.94. The van der Waals surface area contributed by atoms with Crippen LogP contribution in [0.25, 0.3) is 0 Å². The van der Waals surface area contributed by atoms with Crippen LogP contribution in [0, 0.1) is 5.92 Å². The quantitative estimate of drug-likeness (QED) is 0.747. The first-order valence-electron chi connectivity index (χ1n) is 4.68. The average molecular weight is 233 g/mol. The third-order valence-electron chi connectivity index (χ3n) is 1.86. The standard InChI is InChI=1S/C11H14Cl2O/c1-8(2)6-7-14-11-9(12)4-3-5-10(11)13/h3-5,8H,6-7H2,1-2H3. The van der Waals surface area contributed by atoms with E-state index in [1.54, 1.807) is 18.2 Å². The molecular formula is C11H14Cl2O. The van der Waals surface area contributed by atoms with Gasteiger partial charge in [-0.1, -0.05) is 43.1 Å². The van der Waals surface area contributed by atoms with Gasteiger partial charge in [-0.15, -0.1) is 0 Å². The third-order valence-corrected chi connectivity index (χ3v) is 2.46. The number of hydrogen-bond acceptors (Lipinski definition) is 1. The fourth-order valence-electron chi connectivity index (χ4n) is 1.02. The minimum absolute atomic E-state index is 0.571. The number of ether oxygens (including phenoxy) is 1. The Kier molecular flexibility index (Phi) is 4.56. The molecule has 0 amide bonds. The first kappa shape index (κ1) is 11.7. The zero-order valence-electron chi connectivity index (χ0n) is 8.39. The van der Waals surface area contributed by atoms with Gasteiger partial charge >= 0.3 is 0 Å². The summed E-state index contributed by atoms with van der Waals surface area (Å²) in [5.41, 5.74) is 0. The van der Waals surface area contributed by atoms with Crippen LogP contribution in [0.5, 0.6) is 5.75 Å². The second kappa shape index (κ2) is 5.47. The molecule has 1 nitrogen and oxygen atoms in total. The Bertz CT molecular complexity index is 277. The molecule has 0 fully saturated rings. The fraction of sp³-hybridized carbons (Fsp3) is 0.455. The van der Waals surface area contributed by atoms with E-state index in [4.69, 9.17) is 27.9 Å². The predicted molar refractivity (Wildman–Crippen MR) is 61.4 cm³/mol. The molecule has 0 saturated carbocycles. The van der Waals surface area contributed by atoms with Crippen molar-refractivity contribution in [3.05, 3.63) is 28.2 Å². The van der Waals surface area contributed by atoms with E-state index in [1.165, 1.54) is 0 Å². The summed E-state index contributed by atoms with van der Waals surface area (Å²) in [6, 6.07) is 5.36. The van der Waals surface area contributed by atoms with Gasteiger partial charge in [0.1, 0.15) is 0 Å². The number of rotatable bonds is 4. The van der Waals surface area contributed by atoms with E-state index in [0.717, 1.165) is 6.42 Å². The fourth-order valence-corrected chi connectivity index (χ4v) is 1.52. The minimum Gasteiger partial charge on any atom is -0.490 e. The molecule has 14 heavy (non-hydrogen) atoms. The maximum Gasteiger partial charge on any atom is 0.156 e. The second-order valence-corrected chi connectivity index (χ2v) is 4.40. The van der Waals surface area contributed by atoms with Crippen molar-refractivity contribution in [2.45, 2.75) is 20.3 Å². The molecule has 0 aliphatic rings. The van der Waals surface area contributed by atoms with Gasteiger partial charge in [-0.3, -0.25) is 0 Å². The lowest BCUT2D eigenvalue weighted by molar-refractivity contribution is 0.290. The highest BCUT2D eigenvalue weighted by molar-refractivity contribution is 6.37. The molecule has 0 aliphatic carbocycles. The van der Waals surface area contributed by atoms with Gasteiger partial charge in [0.05, 0.1) is 16.7 Å². The molecule has 0 atom stereocenters. The molecule has 1 aromatic carbocycles. The molecule has 0 bridgehead atoms. The monoisotopic (exact) mass is 232 g/mol. The molecule has 0 radical (unpaired) electrons. The van der Waals surface area contributed by atoms with Crippen LogP contribution in [0.4, 0.5) is 0 Å². The number of hydrogen-bond donors (Lipinski definition) is 0. The van der Waals surface area contributed by atoms with Crippen LogP contribution in [0.15, 0.2) is 18.2 Å². The largest absolute Gasteiger partial charge is 0.490 e. The molecular weight excluding hydrogens is 219 g/mol. The van der Waals surface area contributed by atoms with Crippen LogP contribution >= 0.6 is 23.2 Å². The molecule has 0 N–H and O–H groups in total. The summed E-state index contributed by atoms with van der Waals surface area (Å²) in [7, 11) is 0. The lowest BCUT2D eigenvalue weighted by Crippen LogP contribution is -2.02. The van der Waals surface area contributed by atoms with Crippen molar-refractivity contribution in [3.8, 4) is 5.75 Å². The van der Waals surface area contributed by atoms with Gasteiger partial charge in [0.15, 0.2) is 5.75 Å². The van der Waals surface area contributed by atoms with Crippen molar-refractivity contribution >= 4 is 23.2 Å². The van der Waals surface area contributed by atoms with E-state index in [1.807, 2.05) is 0 Å². The number of para-hydroxylation sites is 1. The molecule has 0 spiro atoms. The first-order chi connectivity index (χ1) is 6.61. The summed E-state index contributed by atoms with van der Waals surface area (Å²) in [5, 5.41) is 1.14. The lowest BCUT2D eigenvalue weighted by atomic mass is 10.1. The van der Waals surface area contributed by atoms with E-state index in [9.17, 15) is 0 Å². The summed E-state index contributed by atoms with van der Waals surface area (Å²) < 4.78 is 5.51. The molecule has 0 aliphatic heterocycles. The summed E-state index contributed by atoms with van der Waals surface area (Å²) in [5.74, 6) is 1.22. The highest BCUT2D eigenvalue weighted by Gasteiger charge is 2.06. The zero-order chi connectivity index (χ0) is 10.6. The summed E-state index contributed by atoms with van der Waals surface area (Å²) in [6.07, 6.45) is 1.00.